The summed E-state index contributed by atoms with van der Waals surface area (Å²) in [5.41, 5.74) is 1.27. The first-order chi connectivity index (χ1) is 15.5. The summed E-state index contributed by atoms with van der Waals surface area (Å²) >= 11 is 0. The van der Waals surface area contributed by atoms with Gasteiger partial charge < -0.3 is 19.5 Å². The van der Waals surface area contributed by atoms with Crippen LogP contribution in [0.5, 0.6) is 17.2 Å². The molecule has 32 heavy (non-hydrogen) atoms. The molecule has 1 aliphatic carbocycles. The highest BCUT2D eigenvalue weighted by Crippen LogP contribution is 2.31. The van der Waals surface area contributed by atoms with Gasteiger partial charge >= 0.3 is 0 Å². The summed E-state index contributed by atoms with van der Waals surface area (Å²) in [5, 5.41) is 2.85. The first kappa shape index (κ1) is 22.4. The van der Waals surface area contributed by atoms with Gasteiger partial charge in [-0.2, -0.15) is 0 Å². The molecule has 1 amide bonds. The number of amides is 1. The molecule has 0 bridgehead atoms. The molecular formula is C23H28N2O6S. The predicted molar refractivity (Wildman–Crippen MR) is 119 cm³/mol. The lowest BCUT2D eigenvalue weighted by Gasteiger charge is -2.19. The smallest absolute Gasteiger partial charge is 0.251 e. The quantitative estimate of drug-likeness (QED) is 0.628. The normalized spacial score (nSPS) is 16.0. The van der Waals surface area contributed by atoms with E-state index in [-0.39, 0.29) is 28.2 Å². The van der Waals surface area contributed by atoms with E-state index in [2.05, 4.69) is 10.0 Å². The van der Waals surface area contributed by atoms with Crippen molar-refractivity contribution < 1.29 is 27.4 Å². The van der Waals surface area contributed by atoms with E-state index in [9.17, 15) is 13.2 Å². The van der Waals surface area contributed by atoms with Crippen molar-refractivity contribution in [1.82, 2.24) is 10.0 Å². The van der Waals surface area contributed by atoms with Gasteiger partial charge in [0.2, 0.25) is 10.0 Å². The third-order valence-corrected chi connectivity index (χ3v) is 7.24. The minimum Gasteiger partial charge on any atom is -0.495 e. The van der Waals surface area contributed by atoms with E-state index in [1.165, 1.54) is 19.2 Å². The minimum absolute atomic E-state index is 0.0219. The summed E-state index contributed by atoms with van der Waals surface area (Å²) < 4.78 is 44.9. The van der Waals surface area contributed by atoms with E-state index >= 15 is 0 Å². The molecule has 0 atom stereocenters. The third kappa shape index (κ3) is 5.16. The van der Waals surface area contributed by atoms with Crippen molar-refractivity contribution in [2.24, 2.45) is 0 Å². The van der Waals surface area contributed by atoms with Crippen LogP contribution in [0.4, 0.5) is 0 Å². The number of methoxy groups -OCH3 is 1. The molecule has 4 rings (SSSR count). The Morgan fingerprint density at radius 2 is 1.81 bits per heavy atom. The monoisotopic (exact) mass is 460 g/mol. The van der Waals surface area contributed by atoms with E-state index in [1.54, 1.807) is 6.07 Å². The first-order valence-electron chi connectivity index (χ1n) is 10.8. The third-order valence-electron chi connectivity index (χ3n) is 5.70. The SMILES string of the molecule is COc1ccc(C(=O)NCCc2ccc3c(c2)OCCO3)cc1S(=O)(=O)NC1CCCC1. The predicted octanol–water partition coefficient (Wildman–Crippen LogP) is 2.66. The van der Waals surface area contributed by atoms with E-state index in [1.807, 2.05) is 18.2 Å². The van der Waals surface area contributed by atoms with Gasteiger partial charge in [0.15, 0.2) is 11.5 Å². The van der Waals surface area contributed by atoms with Crippen molar-refractivity contribution in [2.45, 2.75) is 43.0 Å². The largest absolute Gasteiger partial charge is 0.495 e. The van der Waals surface area contributed by atoms with Crippen LogP contribution in [0, 0.1) is 0 Å². The highest BCUT2D eigenvalue weighted by molar-refractivity contribution is 7.89. The van der Waals surface area contributed by atoms with Crippen molar-refractivity contribution in [3.63, 3.8) is 0 Å². The minimum atomic E-state index is -3.80. The fourth-order valence-corrected chi connectivity index (χ4v) is 5.52. The Morgan fingerprint density at radius 1 is 1.06 bits per heavy atom. The first-order valence-corrected chi connectivity index (χ1v) is 12.3. The Kier molecular flexibility index (Phi) is 6.86. The summed E-state index contributed by atoms with van der Waals surface area (Å²) in [7, 11) is -2.38. The maximum atomic E-state index is 12.9. The van der Waals surface area contributed by atoms with E-state index in [4.69, 9.17) is 14.2 Å². The molecule has 2 aliphatic rings. The number of hydrogen-bond donors (Lipinski definition) is 2. The van der Waals surface area contributed by atoms with Crippen molar-refractivity contribution >= 4 is 15.9 Å². The summed E-state index contributed by atoms with van der Waals surface area (Å²) in [5.74, 6) is 1.30. The number of benzene rings is 2. The van der Waals surface area contributed by atoms with E-state index < -0.39 is 10.0 Å². The zero-order valence-electron chi connectivity index (χ0n) is 18.1. The van der Waals surface area contributed by atoms with Gasteiger partial charge in [0.05, 0.1) is 7.11 Å². The van der Waals surface area contributed by atoms with Crippen LogP contribution in [0.2, 0.25) is 0 Å². The molecule has 9 heteroatoms. The van der Waals surface area contributed by atoms with Crippen LogP contribution in [0.15, 0.2) is 41.3 Å². The van der Waals surface area contributed by atoms with Crippen molar-refractivity contribution in [1.29, 1.82) is 0 Å². The molecule has 0 unspecified atom stereocenters. The second-order valence-corrected chi connectivity index (χ2v) is 9.63. The van der Waals surface area contributed by atoms with Gasteiger partial charge in [0, 0.05) is 18.2 Å². The number of fused-ring (bicyclic) bond motifs is 1. The van der Waals surface area contributed by atoms with Crippen LogP contribution in [-0.2, 0) is 16.4 Å². The zero-order valence-corrected chi connectivity index (χ0v) is 18.9. The maximum Gasteiger partial charge on any atom is 0.251 e. The van der Waals surface area contributed by atoms with Gasteiger partial charge in [0.1, 0.15) is 23.9 Å². The van der Waals surface area contributed by atoms with Crippen LogP contribution in [0.3, 0.4) is 0 Å². The average Bonchev–Trinajstić information content (AvgIpc) is 3.30. The molecular weight excluding hydrogens is 432 g/mol. The summed E-state index contributed by atoms with van der Waals surface area (Å²) in [4.78, 5) is 12.7. The molecule has 1 heterocycles. The molecule has 8 nitrogen and oxygen atoms in total. The lowest BCUT2D eigenvalue weighted by atomic mass is 10.1. The molecule has 0 aromatic heterocycles. The highest BCUT2D eigenvalue weighted by Gasteiger charge is 2.26. The Bertz CT molecular complexity index is 1080. The van der Waals surface area contributed by atoms with Gasteiger partial charge in [-0.15, -0.1) is 0 Å². The molecule has 2 aromatic rings. The fourth-order valence-electron chi connectivity index (χ4n) is 4.02. The molecule has 0 radical (unpaired) electrons. The van der Waals surface area contributed by atoms with Crippen LogP contribution < -0.4 is 24.2 Å². The molecule has 2 aromatic carbocycles. The van der Waals surface area contributed by atoms with Crippen molar-refractivity contribution in [3.05, 3.63) is 47.5 Å². The van der Waals surface area contributed by atoms with Gasteiger partial charge in [0.25, 0.3) is 5.91 Å². The second-order valence-electron chi connectivity index (χ2n) is 7.95. The second kappa shape index (κ2) is 9.79. The lowest BCUT2D eigenvalue weighted by molar-refractivity contribution is 0.0954. The van der Waals surface area contributed by atoms with E-state index in [0.717, 1.165) is 37.0 Å². The zero-order chi connectivity index (χ0) is 22.6. The van der Waals surface area contributed by atoms with Crippen LogP contribution in [0.25, 0.3) is 0 Å². The number of sulfonamides is 1. The van der Waals surface area contributed by atoms with Gasteiger partial charge in [-0.3, -0.25) is 4.79 Å². The molecule has 0 saturated heterocycles. The molecule has 1 saturated carbocycles. The summed E-state index contributed by atoms with van der Waals surface area (Å²) in [6.45, 7) is 1.45. The van der Waals surface area contributed by atoms with Gasteiger partial charge in [-0.1, -0.05) is 18.9 Å². The van der Waals surface area contributed by atoms with E-state index in [0.29, 0.717) is 31.9 Å². The number of hydrogen-bond acceptors (Lipinski definition) is 6. The molecule has 172 valence electrons. The molecule has 1 aliphatic heterocycles. The number of carbonyl (C=O) groups excluding carboxylic acids is 1. The number of nitrogens with one attached hydrogen (secondary N) is 2. The topological polar surface area (TPSA) is 103 Å². The van der Waals surface area contributed by atoms with Crippen LogP contribution >= 0.6 is 0 Å². The Balaban J connectivity index is 1.41. The Hall–Kier alpha value is -2.78. The fraction of sp³-hybridized carbons (Fsp3) is 0.435. The summed E-state index contributed by atoms with van der Waals surface area (Å²) in [6, 6.07) is 10.1. The van der Waals surface area contributed by atoms with Gasteiger partial charge in [-0.05, 0) is 55.2 Å². The highest BCUT2D eigenvalue weighted by atomic mass is 32.2. The van der Waals surface area contributed by atoms with Crippen molar-refractivity contribution in [3.8, 4) is 17.2 Å². The van der Waals surface area contributed by atoms with Crippen LogP contribution in [0.1, 0.15) is 41.6 Å². The Labute approximate surface area is 188 Å². The number of ether oxygens (including phenoxy) is 3. The maximum absolute atomic E-state index is 12.9. The molecule has 1 fully saturated rings. The molecule has 0 spiro atoms. The van der Waals surface area contributed by atoms with Gasteiger partial charge in [-0.25, -0.2) is 13.1 Å². The average molecular weight is 461 g/mol. The Morgan fingerprint density at radius 3 is 2.56 bits per heavy atom. The van der Waals surface area contributed by atoms with Crippen LogP contribution in [-0.4, -0.2) is 47.2 Å². The van der Waals surface area contributed by atoms with Crippen molar-refractivity contribution in [2.75, 3.05) is 26.9 Å². The lowest BCUT2D eigenvalue weighted by Crippen LogP contribution is -2.33. The number of carbonyl (C=O) groups is 1. The number of rotatable bonds is 8. The standard InChI is InChI=1S/C23H28N2O6S/c1-29-20-9-7-17(15-22(20)32(27,28)25-18-4-2-3-5-18)23(26)24-11-10-16-6-8-19-21(14-16)31-13-12-30-19/h6-9,14-15,18,25H,2-5,10-13H2,1H3,(H,24,26). The summed E-state index contributed by atoms with van der Waals surface area (Å²) in [6.07, 6.45) is 4.27. The molecule has 2 N–H and O–H groups in total.